The molecule has 0 aliphatic rings. The molecule has 0 rings (SSSR count). The van der Waals surface area contributed by atoms with Crippen molar-refractivity contribution in [1.29, 1.82) is 0 Å². The summed E-state index contributed by atoms with van der Waals surface area (Å²) in [5.74, 6) is -3.41. The summed E-state index contributed by atoms with van der Waals surface area (Å²) < 4.78 is 0. The Hall–Kier alpha value is 0.200. The van der Waals surface area contributed by atoms with E-state index in [0.717, 1.165) is 32.1 Å². The summed E-state index contributed by atoms with van der Waals surface area (Å²) in [5, 5.41) is 18.1. The molecule has 24 heavy (non-hydrogen) atoms. The van der Waals surface area contributed by atoms with Gasteiger partial charge >= 0.3 is 49.7 Å². The molecule has 0 amide bonds. The Balaban J connectivity index is 0. The summed E-state index contributed by atoms with van der Waals surface area (Å²) in [6.45, 7) is 4.33. The van der Waals surface area contributed by atoms with Crippen molar-refractivity contribution < 1.29 is 19.8 Å². The summed E-state index contributed by atoms with van der Waals surface area (Å²) in [6, 6.07) is 0. The molecule has 0 bridgehead atoms. The first-order valence-corrected chi connectivity index (χ1v) is 9.48. The van der Waals surface area contributed by atoms with Gasteiger partial charge in [-0.05, 0) is 12.3 Å². The topological polar surface area (TPSA) is 74.6 Å². The first kappa shape index (κ1) is 26.4. The minimum atomic E-state index is -1.24. The fraction of sp³-hybridized carbons (Fsp3) is 0.895. The Bertz CT molecular complexity index is 306. The molecule has 0 saturated heterocycles. The number of carboxylic acids is 2. The van der Waals surface area contributed by atoms with E-state index in [2.05, 4.69) is 13.8 Å². The van der Waals surface area contributed by atoms with Crippen molar-refractivity contribution in [2.24, 2.45) is 11.8 Å². The van der Waals surface area contributed by atoms with Gasteiger partial charge in [-0.1, -0.05) is 90.9 Å². The predicted molar refractivity (Wildman–Crippen MR) is 102 cm³/mol. The molecule has 140 valence electrons. The molecular formula is C19H38CaO4. The van der Waals surface area contributed by atoms with Gasteiger partial charge in [-0.25, -0.2) is 0 Å². The summed E-state index contributed by atoms with van der Waals surface area (Å²) >= 11 is 0. The van der Waals surface area contributed by atoms with Gasteiger partial charge in [-0.15, -0.1) is 0 Å². The maximum absolute atomic E-state index is 11.1. The van der Waals surface area contributed by atoms with Gasteiger partial charge in [0.15, 0.2) is 5.92 Å². The number of rotatable bonds is 16. The second-order valence-electron chi connectivity index (χ2n) is 6.74. The molecular weight excluding hydrogens is 332 g/mol. The van der Waals surface area contributed by atoms with Crippen molar-refractivity contribution in [3.05, 3.63) is 0 Å². The molecule has 0 aromatic heterocycles. The van der Waals surface area contributed by atoms with E-state index in [1.807, 2.05) is 0 Å². The fourth-order valence-corrected chi connectivity index (χ4v) is 3.08. The third-order valence-electron chi connectivity index (χ3n) is 4.60. The van der Waals surface area contributed by atoms with Crippen LogP contribution in [0.3, 0.4) is 0 Å². The number of carboxylic acid groups (broad SMARTS) is 2. The number of unbranched alkanes of at least 4 members (excludes halogenated alkanes) is 8. The van der Waals surface area contributed by atoms with Gasteiger partial charge in [-0.2, -0.15) is 0 Å². The first-order valence-electron chi connectivity index (χ1n) is 9.48. The van der Waals surface area contributed by atoms with Gasteiger partial charge in [0.05, 0.1) is 0 Å². The molecule has 0 spiro atoms. The van der Waals surface area contributed by atoms with E-state index in [4.69, 9.17) is 10.2 Å². The Morgan fingerprint density at radius 1 is 0.708 bits per heavy atom. The predicted octanol–water partition coefficient (Wildman–Crippen LogP) is 4.58. The SMILES string of the molecule is CCCCCCCCCCC(CCCC)CC(C(=O)O)C(=O)O.[CaH2]. The van der Waals surface area contributed by atoms with Crippen LogP contribution < -0.4 is 0 Å². The molecule has 0 fully saturated rings. The summed E-state index contributed by atoms with van der Waals surface area (Å²) in [6.07, 6.45) is 14.3. The standard InChI is InChI=1S/C19H36O4.Ca.2H/c1-3-5-7-8-9-10-11-12-14-16(13-6-4-2)15-17(18(20)21)19(22)23;;;/h16-17H,3-15H2,1-2H3,(H,20,21)(H,22,23);;;. The Kier molecular flexibility index (Phi) is 19.8. The average Bonchev–Trinajstić information content (AvgIpc) is 2.50. The molecule has 0 heterocycles. The zero-order valence-corrected chi connectivity index (χ0v) is 15.1. The fourth-order valence-electron chi connectivity index (χ4n) is 3.08. The van der Waals surface area contributed by atoms with Crippen LogP contribution in [0.5, 0.6) is 0 Å². The summed E-state index contributed by atoms with van der Waals surface area (Å²) in [7, 11) is 0. The van der Waals surface area contributed by atoms with Crippen LogP contribution in [0.15, 0.2) is 0 Å². The van der Waals surface area contributed by atoms with Crippen molar-refractivity contribution in [3.8, 4) is 0 Å². The molecule has 0 saturated carbocycles. The molecule has 4 nitrogen and oxygen atoms in total. The minimum absolute atomic E-state index is 0. The first-order chi connectivity index (χ1) is 11.0. The number of hydrogen-bond donors (Lipinski definition) is 2. The van der Waals surface area contributed by atoms with Gasteiger partial charge in [-0.3, -0.25) is 9.59 Å². The average molecular weight is 371 g/mol. The van der Waals surface area contributed by atoms with Gasteiger partial charge in [0, 0.05) is 0 Å². The third-order valence-corrected chi connectivity index (χ3v) is 4.60. The molecule has 1 atom stereocenters. The number of carbonyl (C=O) groups is 2. The molecule has 1 unspecified atom stereocenters. The maximum atomic E-state index is 11.1. The van der Waals surface area contributed by atoms with E-state index in [1.165, 1.54) is 44.9 Å². The second kappa shape index (κ2) is 18.0. The zero-order chi connectivity index (χ0) is 17.5. The van der Waals surface area contributed by atoms with Crippen molar-refractivity contribution >= 4 is 49.7 Å². The third kappa shape index (κ3) is 14.5. The second-order valence-corrected chi connectivity index (χ2v) is 6.74. The van der Waals surface area contributed by atoms with Crippen LogP contribution in [0, 0.1) is 11.8 Å². The van der Waals surface area contributed by atoms with Gasteiger partial charge in [0.1, 0.15) is 0 Å². The van der Waals surface area contributed by atoms with Gasteiger partial charge in [0.2, 0.25) is 0 Å². The van der Waals surface area contributed by atoms with Crippen LogP contribution in [-0.2, 0) is 9.59 Å². The summed E-state index contributed by atoms with van der Waals surface area (Å²) in [5.41, 5.74) is 0. The molecule has 0 aromatic carbocycles. The molecule has 0 aliphatic heterocycles. The van der Waals surface area contributed by atoms with Crippen molar-refractivity contribution in [3.63, 3.8) is 0 Å². The van der Waals surface area contributed by atoms with Crippen LogP contribution >= 0.6 is 0 Å². The molecule has 0 radical (unpaired) electrons. The number of aliphatic carboxylic acids is 2. The monoisotopic (exact) mass is 370 g/mol. The van der Waals surface area contributed by atoms with E-state index in [1.54, 1.807) is 0 Å². The van der Waals surface area contributed by atoms with Crippen LogP contribution in [-0.4, -0.2) is 59.9 Å². The molecule has 0 aromatic rings. The van der Waals surface area contributed by atoms with Gasteiger partial charge < -0.3 is 10.2 Å². The zero-order valence-electron chi connectivity index (χ0n) is 15.1. The van der Waals surface area contributed by atoms with Crippen LogP contribution in [0.2, 0.25) is 0 Å². The molecule has 5 heteroatoms. The van der Waals surface area contributed by atoms with E-state index in [9.17, 15) is 9.59 Å². The molecule has 2 N–H and O–H groups in total. The number of hydrogen-bond acceptors (Lipinski definition) is 2. The summed E-state index contributed by atoms with van der Waals surface area (Å²) in [4.78, 5) is 22.1. The Morgan fingerprint density at radius 2 is 1.12 bits per heavy atom. The van der Waals surface area contributed by atoms with E-state index < -0.39 is 17.9 Å². The molecule has 0 aliphatic carbocycles. The van der Waals surface area contributed by atoms with Crippen molar-refractivity contribution in [1.82, 2.24) is 0 Å². The normalized spacial score (nSPS) is 12.0. The van der Waals surface area contributed by atoms with Crippen LogP contribution in [0.4, 0.5) is 0 Å². The van der Waals surface area contributed by atoms with E-state index in [-0.39, 0.29) is 50.1 Å². The van der Waals surface area contributed by atoms with Crippen molar-refractivity contribution in [2.45, 2.75) is 97.3 Å². The van der Waals surface area contributed by atoms with Crippen molar-refractivity contribution in [2.75, 3.05) is 0 Å². The van der Waals surface area contributed by atoms with E-state index >= 15 is 0 Å². The Morgan fingerprint density at radius 3 is 1.58 bits per heavy atom. The quantitative estimate of drug-likeness (QED) is 0.237. The Labute approximate surface area is 177 Å². The van der Waals surface area contributed by atoms with E-state index in [0.29, 0.717) is 0 Å². The van der Waals surface area contributed by atoms with Crippen LogP contribution in [0.25, 0.3) is 0 Å². The van der Waals surface area contributed by atoms with Crippen LogP contribution in [0.1, 0.15) is 97.3 Å². The van der Waals surface area contributed by atoms with Gasteiger partial charge in [0.25, 0.3) is 0 Å².